The molecule has 2 saturated heterocycles. The number of benzene rings is 1. The Morgan fingerprint density at radius 3 is 2.24 bits per heavy atom. The maximum absolute atomic E-state index is 13.9. The molecule has 226 valence electrons. The molecule has 2 bridgehead atoms. The molecule has 42 heavy (non-hydrogen) atoms. The smallest absolute Gasteiger partial charge is 0.332 e. The number of unbranched alkanes of at least 4 members (excludes halogenated alkanes) is 5. The maximum atomic E-state index is 13.9. The molecule has 9 heteroatoms. The predicted octanol–water partition coefficient (Wildman–Crippen LogP) is 4.29. The van der Waals surface area contributed by atoms with Crippen LogP contribution in [0.2, 0.25) is 0 Å². The summed E-state index contributed by atoms with van der Waals surface area (Å²) in [4.78, 5) is 57.3. The minimum Gasteiger partial charge on any atom is -0.494 e. The minimum atomic E-state index is -1.43. The molecule has 1 aromatic carbocycles. The van der Waals surface area contributed by atoms with E-state index in [4.69, 9.17) is 4.74 Å². The fourth-order valence-corrected chi connectivity index (χ4v) is 7.11. The number of hydrogen-bond donors (Lipinski definition) is 0. The van der Waals surface area contributed by atoms with E-state index in [2.05, 4.69) is 11.8 Å². The van der Waals surface area contributed by atoms with Crippen molar-refractivity contribution in [3.8, 4) is 5.75 Å². The van der Waals surface area contributed by atoms with Gasteiger partial charge in [-0.15, -0.1) is 0 Å². The number of likely N-dealkylation sites (tertiary alicyclic amines) is 1. The van der Waals surface area contributed by atoms with E-state index in [1.807, 2.05) is 34.9 Å². The standard InChI is InChI=1S/C33H44N4O5/c1-4-5-6-7-8-9-17-42-27-15-13-24(14-16-27)19-33(30(39)34(2)32(41)35(3)31(33)40)23-36-20-25-18-26(22-36)28-11-10-12-29(38)37(28)21-25/h10-16,25-26H,4-9,17-23H2,1-3H3/t25-,26+/m0/s1. The first-order valence-corrected chi connectivity index (χ1v) is 15.5. The van der Waals surface area contributed by atoms with Crippen LogP contribution in [0, 0.1) is 11.3 Å². The van der Waals surface area contributed by atoms with Crippen LogP contribution in [-0.2, 0) is 22.6 Å². The second-order valence-electron chi connectivity index (χ2n) is 12.4. The molecule has 2 aromatic rings. The average molecular weight is 577 g/mol. The zero-order chi connectivity index (χ0) is 29.9. The zero-order valence-electron chi connectivity index (χ0n) is 25.2. The number of carbonyl (C=O) groups excluding carboxylic acids is 3. The number of pyridine rings is 1. The van der Waals surface area contributed by atoms with Crippen molar-refractivity contribution in [1.29, 1.82) is 0 Å². The van der Waals surface area contributed by atoms with Crippen LogP contribution in [0.25, 0.3) is 0 Å². The largest absolute Gasteiger partial charge is 0.494 e. The van der Waals surface area contributed by atoms with E-state index in [0.717, 1.165) is 46.1 Å². The lowest BCUT2D eigenvalue weighted by molar-refractivity contribution is -0.159. The Morgan fingerprint density at radius 1 is 0.833 bits per heavy atom. The fourth-order valence-electron chi connectivity index (χ4n) is 7.11. The van der Waals surface area contributed by atoms with E-state index in [1.165, 1.54) is 39.8 Å². The van der Waals surface area contributed by atoms with Gasteiger partial charge in [0, 0.05) is 58.0 Å². The first-order chi connectivity index (χ1) is 20.2. The van der Waals surface area contributed by atoms with Crippen LogP contribution in [0.1, 0.15) is 69.0 Å². The van der Waals surface area contributed by atoms with Gasteiger partial charge in [-0.1, -0.05) is 57.2 Å². The quantitative estimate of drug-likeness (QED) is 0.277. The molecule has 3 aliphatic heterocycles. The highest BCUT2D eigenvalue weighted by Crippen LogP contribution is 2.39. The highest BCUT2D eigenvalue weighted by molar-refractivity contribution is 6.19. The highest BCUT2D eigenvalue weighted by atomic mass is 16.5. The number of aromatic nitrogens is 1. The lowest BCUT2D eigenvalue weighted by Gasteiger charge is -2.48. The molecule has 2 atom stereocenters. The number of rotatable bonds is 12. The van der Waals surface area contributed by atoms with Crippen molar-refractivity contribution in [2.45, 2.75) is 70.8 Å². The maximum Gasteiger partial charge on any atom is 0.332 e. The Labute approximate surface area is 248 Å². The van der Waals surface area contributed by atoms with Crippen LogP contribution < -0.4 is 10.3 Å². The van der Waals surface area contributed by atoms with E-state index >= 15 is 0 Å². The van der Waals surface area contributed by atoms with E-state index in [0.29, 0.717) is 26.2 Å². The monoisotopic (exact) mass is 576 g/mol. The normalized spacial score (nSPS) is 21.9. The van der Waals surface area contributed by atoms with E-state index < -0.39 is 23.3 Å². The van der Waals surface area contributed by atoms with Crippen molar-refractivity contribution < 1.29 is 19.1 Å². The number of fused-ring (bicyclic) bond motifs is 4. The molecule has 0 spiro atoms. The van der Waals surface area contributed by atoms with Crippen molar-refractivity contribution in [3.05, 3.63) is 64.1 Å². The number of urea groups is 1. The highest BCUT2D eigenvalue weighted by Gasteiger charge is 2.56. The van der Waals surface area contributed by atoms with Gasteiger partial charge in [-0.2, -0.15) is 0 Å². The van der Waals surface area contributed by atoms with Gasteiger partial charge in [0.25, 0.3) is 5.56 Å². The van der Waals surface area contributed by atoms with Crippen molar-refractivity contribution in [2.24, 2.45) is 11.3 Å². The molecule has 5 rings (SSSR count). The summed E-state index contributed by atoms with van der Waals surface area (Å²) in [5.74, 6) is 0.238. The van der Waals surface area contributed by atoms with Gasteiger partial charge in [-0.25, -0.2) is 4.79 Å². The summed E-state index contributed by atoms with van der Waals surface area (Å²) in [6.45, 7) is 5.06. The van der Waals surface area contributed by atoms with E-state index in [-0.39, 0.29) is 30.4 Å². The van der Waals surface area contributed by atoms with Crippen LogP contribution in [0.15, 0.2) is 47.3 Å². The molecule has 0 N–H and O–H groups in total. The number of amides is 4. The Balaban J connectivity index is 1.32. The summed E-state index contributed by atoms with van der Waals surface area (Å²) in [5.41, 5.74) is 0.444. The van der Waals surface area contributed by atoms with Crippen molar-refractivity contribution in [3.63, 3.8) is 0 Å². The molecule has 2 fully saturated rings. The lowest BCUT2D eigenvalue weighted by atomic mass is 9.75. The number of barbiturate groups is 1. The summed E-state index contributed by atoms with van der Waals surface area (Å²) in [6.07, 6.45) is 8.36. The SMILES string of the molecule is CCCCCCCCOc1ccc(CC2(CN3C[C@@H]4C[C@H](C3)c3cccc(=O)n3C4)C(=O)N(C)C(=O)N(C)C2=O)cc1. The molecule has 0 aliphatic carbocycles. The van der Waals surface area contributed by atoms with Gasteiger partial charge >= 0.3 is 6.03 Å². The Kier molecular flexibility index (Phi) is 9.16. The molecule has 9 nitrogen and oxygen atoms in total. The Bertz CT molecular complexity index is 1330. The topological polar surface area (TPSA) is 92.2 Å². The first-order valence-electron chi connectivity index (χ1n) is 15.5. The van der Waals surface area contributed by atoms with E-state index in [9.17, 15) is 19.2 Å². The lowest BCUT2D eigenvalue weighted by Crippen LogP contribution is -2.67. The molecule has 1 aromatic heterocycles. The van der Waals surface area contributed by atoms with Crippen molar-refractivity contribution >= 4 is 17.8 Å². The summed E-state index contributed by atoms with van der Waals surface area (Å²) in [5, 5.41) is 0. The minimum absolute atomic E-state index is 0.0194. The molecule has 4 amide bonds. The van der Waals surface area contributed by atoms with Gasteiger partial charge in [0.05, 0.1) is 6.61 Å². The van der Waals surface area contributed by atoms with Crippen LogP contribution in [-0.4, -0.2) is 77.4 Å². The molecule has 4 heterocycles. The second-order valence-corrected chi connectivity index (χ2v) is 12.4. The molecule has 0 saturated carbocycles. The van der Waals surface area contributed by atoms with Crippen LogP contribution in [0.4, 0.5) is 4.79 Å². The fraction of sp³-hybridized carbons (Fsp3) is 0.576. The molecular formula is C33H44N4O5. The van der Waals surface area contributed by atoms with Crippen LogP contribution in [0.3, 0.4) is 0 Å². The summed E-state index contributed by atoms with van der Waals surface area (Å²) in [6, 6.07) is 12.4. The van der Waals surface area contributed by atoms with Gasteiger partial charge in [0.1, 0.15) is 11.2 Å². The third-order valence-electron chi connectivity index (χ3n) is 9.25. The number of imide groups is 2. The van der Waals surface area contributed by atoms with Gasteiger partial charge < -0.3 is 14.2 Å². The Hall–Kier alpha value is -3.46. The van der Waals surface area contributed by atoms with Gasteiger partial charge in [0.15, 0.2) is 0 Å². The van der Waals surface area contributed by atoms with E-state index in [1.54, 1.807) is 12.1 Å². The number of carbonyl (C=O) groups is 3. The molecule has 0 radical (unpaired) electrons. The van der Waals surface area contributed by atoms with Crippen molar-refractivity contribution in [2.75, 3.05) is 40.3 Å². The summed E-state index contributed by atoms with van der Waals surface area (Å²) < 4.78 is 7.82. The number of nitrogens with zero attached hydrogens (tertiary/aromatic N) is 4. The van der Waals surface area contributed by atoms with Crippen molar-refractivity contribution in [1.82, 2.24) is 19.3 Å². The number of hydrogen-bond acceptors (Lipinski definition) is 6. The number of ether oxygens (including phenoxy) is 1. The molecular weight excluding hydrogens is 532 g/mol. The number of piperidine rings is 1. The first kappa shape index (κ1) is 30.0. The third kappa shape index (κ3) is 6.02. The van der Waals surface area contributed by atoms with Crippen LogP contribution in [0.5, 0.6) is 5.75 Å². The second kappa shape index (κ2) is 12.8. The van der Waals surface area contributed by atoms with Gasteiger partial charge in [-0.05, 0) is 48.9 Å². The van der Waals surface area contributed by atoms with Gasteiger partial charge in [0.2, 0.25) is 11.8 Å². The average Bonchev–Trinajstić information content (AvgIpc) is 2.99. The molecule has 3 aliphatic rings. The zero-order valence-corrected chi connectivity index (χ0v) is 25.2. The van der Waals surface area contributed by atoms with Crippen LogP contribution >= 0.6 is 0 Å². The predicted molar refractivity (Wildman–Crippen MR) is 160 cm³/mol. The Morgan fingerprint density at radius 2 is 1.52 bits per heavy atom. The summed E-state index contributed by atoms with van der Waals surface area (Å²) in [7, 11) is 2.91. The molecule has 0 unspecified atom stereocenters. The van der Waals surface area contributed by atoms with Gasteiger partial charge in [-0.3, -0.25) is 24.2 Å². The third-order valence-corrected chi connectivity index (χ3v) is 9.25. The summed E-state index contributed by atoms with van der Waals surface area (Å²) >= 11 is 0.